The molecule has 1 aliphatic rings. The van der Waals surface area contributed by atoms with E-state index in [4.69, 9.17) is 0 Å². The van der Waals surface area contributed by atoms with Crippen LogP contribution in [0.3, 0.4) is 0 Å². The molecule has 0 N–H and O–H groups in total. The molecular weight excluding hydrogens is 332 g/mol. The summed E-state index contributed by atoms with van der Waals surface area (Å²) in [7, 11) is 1.83. The van der Waals surface area contributed by atoms with E-state index in [9.17, 15) is 9.59 Å². The van der Waals surface area contributed by atoms with E-state index in [2.05, 4.69) is 20.8 Å². The molecule has 2 unspecified atom stereocenters. The van der Waals surface area contributed by atoms with Crippen molar-refractivity contribution < 1.29 is 9.59 Å². The van der Waals surface area contributed by atoms with Crippen LogP contribution in [0.4, 0.5) is 0 Å². The van der Waals surface area contributed by atoms with Crippen LogP contribution in [0.25, 0.3) is 0 Å². The molecule has 2 atom stereocenters. The summed E-state index contributed by atoms with van der Waals surface area (Å²) in [5, 5.41) is 0. The molecule has 0 radical (unpaired) electrons. The lowest BCUT2D eigenvalue weighted by Crippen LogP contribution is -2.56. The number of hydrogen-bond acceptors (Lipinski definition) is 3. The Balaban J connectivity index is 2.59. The van der Waals surface area contributed by atoms with E-state index in [-0.39, 0.29) is 23.4 Å². The Kier molecular flexibility index (Phi) is 5.87. The van der Waals surface area contributed by atoms with Crippen LogP contribution in [-0.4, -0.2) is 52.4 Å². The molecule has 1 aliphatic heterocycles. The summed E-state index contributed by atoms with van der Waals surface area (Å²) < 4.78 is 0. The lowest BCUT2D eigenvalue weighted by Gasteiger charge is -2.42. The van der Waals surface area contributed by atoms with Crippen LogP contribution in [0, 0.1) is 5.41 Å². The first-order valence-electron chi connectivity index (χ1n) is 8.85. The Morgan fingerprint density at radius 3 is 2.32 bits per heavy atom. The smallest absolute Gasteiger partial charge is 0.256 e. The highest BCUT2D eigenvalue weighted by molar-refractivity contribution is 7.98. The minimum absolute atomic E-state index is 0.0545. The molecule has 1 heterocycles. The van der Waals surface area contributed by atoms with Gasteiger partial charge in [-0.15, -0.1) is 0 Å². The predicted octanol–water partition coefficient (Wildman–Crippen LogP) is 3.87. The van der Waals surface area contributed by atoms with Gasteiger partial charge in [0.05, 0.1) is 0 Å². The van der Waals surface area contributed by atoms with Crippen LogP contribution < -0.4 is 0 Å². The quantitative estimate of drug-likeness (QED) is 0.798. The second kappa shape index (κ2) is 7.40. The van der Waals surface area contributed by atoms with Gasteiger partial charge >= 0.3 is 0 Å². The van der Waals surface area contributed by atoms with Crippen molar-refractivity contribution in [3.05, 3.63) is 35.9 Å². The summed E-state index contributed by atoms with van der Waals surface area (Å²) >= 11 is 1.72. The predicted molar refractivity (Wildman–Crippen MR) is 105 cm³/mol. The maximum atomic E-state index is 13.5. The molecule has 1 saturated heterocycles. The number of nitrogens with zero attached hydrogens (tertiary/aromatic N) is 2. The van der Waals surface area contributed by atoms with Crippen molar-refractivity contribution in [3.8, 4) is 0 Å². The molecule has 2 rings (SSSR count). The van der Waals surface area contributed by atoms with Gasteiger partial charge in [0.1, 0.15) is 11.7 Å². The van der Waals surface area contributed by atoms with E-state index < -0.39 is 5.54 Å². The zero-order chi connectivity index (χ0) is 18.8. The first-order chi connectivity index (χ1) is 11.7. The minimum atomic E-state index is -0.761. The van der Waals surface area contributed by atoms with Crippen molar-refractivity contribution in [1.29, 1.82) is 0 Å². The average molecular weight is 363 g/mol. The maximum absolute atomic E-state index is 13.5. The summed E-state index contributed by atoms with van der Waals surface area (Å²) in [4.78, 5) is 30.4. The monoisotopic (exact) mass is 362 g/mol. The number of thioether (sulfide) groups is 1. The first kappa shape index (κ1) is 19.8. The van der Waals surface area contributed by atoms with Crippen molar-refractivity contribution in [2.75, 3.05) is 19.1 Å². The molecule has 138 valence electrons. The molecule has 2 amide bonds. The number of likely N-dealkylation sites (N-methyl/N-ethyl adjacent to an activating group) is 1. The Morgan fingerprint density at radius 1 is 1.24 bits per heavy atom. The van der Waals surface area contributed by atoms with Crippen molar-refractivity contribution in [2.45, 2.75) is 52.2 Å². The van der Waals surface area contributed by atoms with Crippen LogP contribution in [0.2, 0.25) is 0 Å². The van der Waals surface area contributed by atoms with E-state index in [0.717, 1.165) is 5.75 Å². The van der Waals surface area contributed by atoms with Crippen molar-refractivity contribution in [2.24, 2.45) is 5.41 Å². The summed E-state index contributed by atoms with van der Waals surface area (Å²) in [5.74, 6) is 0.859. The number of carbonyl (C=O) groups is 2. The topological polar surface area (TPSA) is 40.6 Å². The van der Waals surface area contributed by atoms with Crippen LogP contribution >= 0.6 is 11.8 Å². The van der Waals surface area contributed by atoms with Crippen LogP contribution in [0.15, 0.2) is 30.3 Å². The molecule has 0 aliphatic carbocycles. The summed E-state index contributed by atoms with van der Waals surface area (Å²) in [6.45, 7) is 8.29. The SMILES string of the molecule is CCC1(CCSC)C(=O)N(C)C(C(C)(C)C)N1C(=O)c1ccccc1. The van der Waals surface area contributed by atoms with Crippen molar-refractivity contribution in [1.82, 2.24) is 9.80 Å². The largest absolute Gasteiger partial charge is 0.323 e. The molecule has 0 bridgehead atoms. The second-order valence-electron chi connectivity index (χ2n) is 7.82. The first-order valence-corrected chi connectivity index (χ1v) is 10.2. The fraction of sp³-hybridized carbons (Fsp3) is 0.600. The van der Waals surface area contributed by atoms with Gasteiger partial charge in [0, 0.05) is 18.0 Å². The van der Waals surface area contributed by atoms with E-state index in [0.29, 0.717) is 18.4 Å². The molecule has 1 aromatic rings. The van der Waals surface area contributed by atoms with Gasteiger partial charge in [-0.1, -0.05) is 45.9 Å². The van der Waals surface area contributed by atoms with Gasteiger partial charge in [-0.2, -0.15) is 11.8 Å². The van der Waals surface area contributed by atoms with E-state index in [1.165, 1.54) is 0 Å². The van der Waals surface area contributed by atoms with E-state index in [1.807, 2.05) is 55.5 Å². The normalized spacial score (nSPS) is 24.1. The fourth-order valence-electron chi connectivity index (χ4n) is 3.94. The number of rotatable bonds is 5. The molecular formula is C20H30N2O2S. The lowest BCUT2D eigenvalue weighted by atomic mass is 9.87. The Morgan fingerprint density at radius 2 is 1.84 bits per heavy atom. The third-order valence-electron chi connectivity index (χ3n) is 5.11. The van der Waals surface area contributed by atoms with Gasteiger partial charge in [-0.25, -0.2) is 0 Å². The third-order valence-corrected chi connectivity index (χ3v) is 5.72. The highest BCUT2D eigenvalue weighted by Gasteiger charge is 2.59. The molecule has 5 heteroatoms. The molecule has 25 heavy (non-hydrogen) atoms. The Hall–Kier alpha value is -1.49. The van der Waals surface area contributed by atoms with Gasteiger partial charge in [-0.3, -0.25) is 9.59 Å². The Labute approximate surface area is 156 Å². The molecule has 1 aromatic carbocycles. The summed E-state index contributed by atoms with van der Waals surface area (Å²) in [6, 6.07) is 9.31. The van der Waals surface area contributed by atoms with Crippen LogP contribution in [0.5, 0.6) is 0 Å². The molecule has 4 nitrogen and oxygen atoms in total. The van der Waals surface area contributed by atoms with E-state index >= 15 is 0 Å². The van der Waals surface area contributed by atoms with Crippen LogP contribution in [-0.2, 0) is 4.79 Å². The van der Waals surface area contributed by atoms with Crippen LogP contribution in [0.1, 0.15) is 50.9 Å². The molecule has 0 spiro atoms. The summed E-state index contributed by atoms with van der Waals surface area (Å²) in [5.41, 5.74) is -0.352. The molecule has 0 aromatic heterocycles. The Bertz CT molecular complexity index is 626. The number of hydrogen-bond donors (Lipinski definition) is 0. The molecule has 1 fully saturated rings. The third kappa shape index (κ3) is 3.43. The summed E-state index contributed by atoms with van der Waals surface area (Å²) in [6.07, 6.45) is 3.09. The fourth-order valence-corrected chi connectivity index (χ4v) is 4.48. The zero-order valence-corrected chi connectivity index (χ0v) is 17.0. The average Bonchev–Trinajstić information content (AvgIpc) is 2.81. The van der Waals surface area contributed by atoms with Gasteiger partial charge in [0.15, 0.2) is 0 Å². The zero-order valence-electron chi connectivity index (χ0n) is 16.2. The van der Waals surface area contributed by atoms with Gasteiger partial charge in [0.2, 0.25) is 5.91 Å². The highest BCUT2D eigenvalue weighted by atomic mass is 32.2. The van der Waals surface area contributed by atoms with Crippen molar-refractivity contribution >= 4 is 23.6 Å². The number of carbonyl (C=O) groups excluding carboxylic acids is 2. The minimum Gasteiger partial charge on any atom is -0.323 e. The van der Waals surface area contributed by atoms with Gasteiger partial charge in [-0.05, 0) is 37.0 Å². The lowest BCUT2D eigenvalue weighted by molar-refractivity contribution is -0.133. The van der Waals surface area contributed by atoms with Gasteiger partial charge in [0.25, 0.3) is 5.91 Å². The van der Waals surface area contributed by atoms with Crippen molar-refractivity contribution in [3.63, 3.8) is 0 Å². The second-order valence-corrected chi connectivity index (χ2v) is 8.81. The number of benzene rings is 1. The molecule has 0 saturated carbocycles. The van der Waals surface area contributed by atoms with E-state index in [1.54, 1.807) is 16.7 Å². The maximum Gasteiger partial charge on any atom is 0.256 e. The van der Waals surface area contributed by atoms with Gasteiger partial charge < -0.3 is 9.80 Å². The number of amides is 2. The highest BCUT2D eigenvalue weighted by Crippen LogP contribution is 2.43. The standard InChI is InChI=1S/C20H30N2O2S/c1-7-20(13-14-25-6)18(24)21(5)17(19(2,3)4)22(20)16(23)15-11-9-8-10-12-15/h8-12,17H,7,13-14H2,1-6H3.